The number of amides is 2. The molecule has 2 aliphatic heterocycles. The van der Waals surface area contributed by atoms with Gasteiger partial charge >= 0.3 is 5.97 Å². The molecule has 8 heteroatoms. The molecule has 0 bridgehead atoms. The van der Waals surface area contributed by atoms with Crippen LogP contribution in [0.25, 0.3) is 11.1 Å². The van der Waals surface area contributed by atoms with Gasteiger partial charge in [0, 0.05) is 12.0 Å². The van der Waals surface area contributed by atoms with Gasteiger partial charge in [0.1, 0.15) is 18.3 Å². The number of hydrogen-bond acceptors (Lipinski definition) is 6. The van der Waals surface area contributed by atoms with Crippen molar-refractivity contribution in [3.63, 3.8) is 0 Å². The van der Waals surface area contributed by atoms with E-state index in [0.29, 0.717) is 54.1 Å². The third kappa shape index (κ3) is 8.82. The molecule has 292 valence electrons. The first-order chi connectivity index (χ1) is 27.6. The molecule has 5 aromatic rings. The summed E-state index contributed by atoms with van der Waals surface area (Å²) in [7, 11) is 0. The third-order valence-electron chi connectivity index (χ3n) is 11.7. The van der Waals surface area contributed by atoms with Gasteiger partial charge in [-0.2, -0.15) is 0 Å². The first-order valence-electron chi connectivity index (χ1n) is 20.1. The van der Waals surface area contributed by atoms with Crippen LogP contribution in [0.15, 0.2) is 127 Å². The average molecular weight is 765 g/mol. The number of esters is 1. The molecule has 1 fully saturated rings. The number of ketones is 1. The molecule has 5 aromatic carbocycles. The first-order valence-corrected chi connectivity index (χ1v) is 20.1. The van der Waals surface area contributed by atoms with Gasteiger partial charge in [-0.3, -0.25) is 24.2 Å². The molecule has 2 heterocycles. The lowest BCUT2D eigenvalue weighted by Gasteiger charge is -2.36. The van der Waals surface area contributed by atoms with Crippen molar-refractivity contribution in [2.45, 2.75) is 70.0 Å². The van der Waals surface area contributed by atoms with Crippen LogP contribution in [-0.2, 0) is 21.6 Å². The number of aryl methyl sites for hydroxylation is 1. The van der Waals surface area contributed by atoms with Gasteiger partial charge in [-0.15, -0.1) is 0 Å². The second kappa shape index (κ2) is 17.6. The van der Waals surface area contributed by atoms with Crippen molar-refractivity contribution in [1.29, 1.82) is 0 Å². The largest absolute Gasteiger partial charge is 0.462 e. The Labute approximate surface area is 334 Å². The van der Waals surface area contributed by atoms with Gasteiger partial charge in [0.05, 0.1) is 17.7 Å². The molecule has 7 nitrogen and oxygen atoms in total. The van der Waals surface area contributed by atoms with E-state index < -0.39 is 17.7 Å². The quantitative estimate of drug-likeness (QED) is 0.0600. The number of hydrogen-bond donors (Lipinski definition) is 0. The summed E-state index contributed by atoms with van der Waals surface area (Å²) in [6, 6.07) is 39.6. The normalized spacial score (nSPS) is 16.2. The standard InChI is InChI=1S/C49H49FN2O5/c1-3-49(2,50)39-26-24-37(25-27-39)40-15-7-8-16-41(40)44(53)19-11-12-34-20-22-35(23-21-34)36-28-30-51(31-29-36)45(38-13-5-4-6-14-38)48(56)57-33-32-52-46(54)42-17-9-10-18-43(42)47(52)55/h4-10,13-18,20-27,36,45H,3,11-12,19,28-33H2,1-2H3. The Morgan fingerprint density at radius 1 is 0.772 bits per heavy atom. The Hall–Kier alpha value is -5.73. The van der Waals surface area contributed by atoms with E-state index >= 15 is 0 Å². The molecule has 2 amide bonds. The Kier molecular flexibility index (Phi) is 12.2. The van der Waals surface area contributed by atoms with Crippen LogP contribution in [-0.4, -0.2) is 59.6 Å². The lowest BCUT2D eigenvalue weighted by Crippen LogP contribution is -2.41. The number of nitrogens with zero attached hydrogens (tertiary/aromatic N) is 2. The molecule has 1 saturated heterocycles. The van der Waals surface area contributed by atoms with Crippen LogP contribution < -0.4 is 0 Å². The molecule has 0 aliphatic carbocycles. The topological polar surface area (TPSA) is 84.0 Å². The zero-order valence-corrected chi connectivity index (χ0v) is 32.7. The van der Waals surface area contributed by atoms with Gasteiger partial charge in [0.15, 0.2) is 5.78 Å². The van der Waals surface area contributed by atoms with Crippen LogP contribution in [0.1, 0.15) is 111 Å². The summed E-state index contributed by atoms with van der Waals surface area (Å²) in [4.78, 5) is 56.0. The van der Waals surface area contributed by atoms with Crippen molar-refractivity contribution >= 4 is 23.6 Å². The number of imide groups is 1. The Morgan fingerprint density at radius 3 is 2.00 bits per heavy atom. The number of carbonyl (C=O) groups excluding carboxylic acids is 4. The van der Waals surface area contributed by atoms with Crippen molar-refractivity contribution in [3.8, 4) is 11.1 Å². The van der Waals surface area contributed by atoms with Gasteiger partial charge in [-0.1, -0.05) is 122 Å². The van der Waals surface area contributed by atoms with Gasteiger partial charge in [0.25, 0.3) is 11.8 Å². The maximum absolute atomic E-state index is 14.8. The monoisotopic (exact) mass is 764 g/mol. The van der Waals surface area contributed by atoms with E-state index in [2.05, 4.69) is 29.2 Å². The Morgan fingerprint density at radius 2 is 1.37 bits per heavy atom. The number of benzene rings is 5. The molecule has 2 aliphatic rings. The highest BCUT2D eigenvalue weighted by Crippen LogP contribution is 2.35. The predicted octanol–water partition coefficient (Wildman–Crippen LogP) is 9.91. The molecule has 0 radical (unpaired) electrons. The summed E-state index contributed by atoms with van der Waals surface area (Å²) in [5.74, 6) is -0.678. The first kappa shape index (κ1) is 39.5. The third-order valence-corrected chi connectivity index (χ3v) is 11.7. The van der Waals surface area contributed by atoms with E-state index in [1.54, 1.807) is 31.2 Å². The van der Waals surface area contributed by atoms with Crippen LogP contribution in [0.3, 0.4) is 0 Å². The van der Waals surface area contributed by atoms with Crippen LogP contribution in [0.4, 0.5) is 4.39 Å². The summed E-state index contributed by atoms with van der Waals surface area (Å²) < 4.78 is 20.6. The second-order valence-electron chi connectivity index (χ2n) is 15.3. The highest BCUT2D eigenvalue weighted by molar-refractivity contribution is 6.21. The number of carbonyl (C=O) groups is 4. The molecule has 0 spiro atoms. The van der Waals surface area contributed by atoms with Gasteiger partial charge in [0.2, 0.25) is 0 Å². The zero-order chi connectivity index (χ0) is 39.9. The SMILES string of the molecule is CCC(C)(F)c1ccc(-c2ccccc2C(=O)CCCc2ccc(C3CCN(C(C(=O)OCCN4C(=O)c5ccccc5C4=O)c4ccccc4)CC3)cc2)cc1. The summed E-state index contributed by atoms with van der Waals surface area (Å²) in [6.07, 6.45) is 4.12. The highest BCUT2D eigenvalue weighted by atomic mass is 19.1. The molecule has 57 heavy (non-hydrogen) atoms. The highest BCUT2D eigenvalue weighted by Gasteiger charge is 2.36. The van der Waals surface area contributed by atoms with Gasteiger partial charge in [-0.25, -0.2) is 9.18 Å². The number of piperidine rings is 1. The number of likely N-dealkylation sites (tertiary alicyclic amines) is 1. The summed E-state index contributed by atoms with van der Waals surface area (Å²) in [5, 5.41) is 0. The van der Waals surface area contributed by atoms with E-state index in [0.717, 1.165) is 47.3 Å². The van der Waals surface area contributed by atoms with Crippen LogP contribution in [0, 0.1) is 0 Å². The smallest absolute Gasteiger partial charge is 0.328 e. The number of ether oxygens (including phenoxy) is 1. The molecule has 0 N–H and O–H groups in total. The second-order valence-corrected chi connectivity index (χ2v) is 15.3. The summed E-state index contributed by atoms with van der Waals surface area (Å²) >= 11 is 0. The molecule has 0 aromatic heterocycles. The van der Waals surface area contributed by atoms with Crippen LogP contribution >= 0.6 is 0 Å². The van der Waals surface area contributed by atoms with E-state index in [-0.39, 0.29) is 30.7 Å². The minimum absolute atomic E-state index is 0.000767. The van der Waals surface area contributed by atoms with E-state index in [9.17, 15) is 23.6 Å². The van der Waals surface area contributed by atoms with Crippen molar-refractivity contribution < 1.29 is 28.3 Å². The number of rotatable bonds is 15. The maximum atomic E-state index is 14.8. The molecular weight excluding hydrogens is 716 g/mol. The molecular formula is C49H49FN2O5. The maximum Gasteiger partial charge on any atom is 0.328 e. The lowest BCUT2D eigenvalue weighted by molar-refractivity contribution is -0.151. The average Bonchev–Trinajstić information content (AvgIpc) is 3.49. The van der Waals surface area contributed by atoms with Crippen molar-refractivity contribution in [1.82, 2.24) is 9.80 Å². The number of fused-ring (bicyclic) bond motifs is 1. The van der Waals surface area contributed by atoms with Gasteiger partial charge < -0.3 is 4.74 Å². The number of halogens is 1. The lowest BCUT2D eigenvalue weighted by atomic mass is 9.87. The fraction of sp³-hybridized carbons (Fsp3) is 0.306. The van der Waals surface area contributed by atoms with Crippen molar-refractivity contribution in [2.75, 3.05) is 26.2 Å². The molecule has 0 saturated carbocycles. The minimum Gasteiger partial charge on any atom is -0.462 e. The minimum atomic E-state index is -1.38. The van der Waals surface area contributed by atoms with Crippen LogP contribution in [0.5, 0.6) is 0 Å². The van der Waals surface area contributed by atoms with Crippen LogP contribution in [0.2, 0.25) is 0 Å². The number of Topliss-reactive ketones (excluding diaryl/α,β-unsaturated/α-hetero) is 1. The fourth-order valence-corrected chi connectivity index (χ4v) is 8.10. The van der Waals surface area contributed by atoms with Gasteiger partial charge in [-0.05, 0) is 104 Å². The fourth-order valence-electron chi connectivity index (χ4n) is 8.10. The van der Waals surface area contributed by atoms with E-state index in [4.69, 9.17) is 4.74 Å². The predicted molar refractivity (Wildman–Crippen MR) is 220 cm³/mol. The Balaban J connectivity index is 0.906. The van der Waals surface area contributed by atoms with Crippen molar-refractivity contribution in [3.05, 3.63) is 166 Å². The summed E-state index contributed by atoms with van der Waals surface area (Å²) in [6.45, 7) is 4.77. The molecule has 7 rings (SSSR count). The number of alkyl halides is 1. The zero-order valence-electron chi connectivity index (χ0n) is 32.7. The summed E-state index contributed by atoms with van der Waals surface area (Å²) in [5.41, 5.74) is 5.77. The Bertz CT molecular complexity index is 2170. The molecule has 2 unspecified atom stereocenters. The van der Waals surface area contributed by atoms with Crippen molar-refractivity contribution in [2.24, 2.45) is 0 Å². The van der Waals surface area contributed by atoms with E-state index in [1.807, 2.05) is 85.8 Å². The molecule has 2 atom stereocenters. The van der Waals surface area contributed by atoms with E-state index in [1.165, 1.54) is 11.1 Å².